The average Bonchev–Trinajstić information content (AvgIpc) is 3.37. The van der Waals surface area contributed by atoms with Gasteiger partial charge in [0.25, 0.3) is 5.92 Å². The Morgan fingerprint density at radius 1 is 1.31 bits per heavy atom. The second-order valence-corrected chi connectivity index (χ2v) is 10.9. The van der Waals surface area contributed by atoms with Crippen LogP contribution in [0.25, 0.3) is 27.7 Å². The number of piperidine rings is 1. The second-order valence-electron chi connectivity index (χ2n) is 8.90. The number of hydrogen-bond acceptors (Lipinski definition) is 8. The first-order valence-electron chi connectivity index (χ1n) is 12.6. The number of rotatable bonds is 6. The Kier molecular flexibility index (Phi) is 5.49. The lowest BCUT2D eigenvalue weighted by Gasteiger charge is -2.37. The van der Waals surface area contributed by atoms with Crippen LogP contribution in [0.5, 0.6) is 5.88 Å². The normalized spacial score (nSPS) is 20.1. The molecule has 0 bridgehead atoms. The maximum absolute atomic E-state index is 15.4. The molecule has 1 fully saturated rings. The van der Waals surface area contributed by atoms with Gasteiger partial charge in [0.15, 0.2) is 5.82 Å². The van der Waals surface area contributed by atoms with E-state index in [9.17, 15) is 30.4 Å². The van der Waals surface area contributed by atoms with Crippen molar-refractivity contribution >= 4 is 32.5 Å². The summed E-state index contributed by atoms with van der Waals surface area (Å²) in [4.78, 5) is 3.90. The van der Waals surface area contributed by atoms with Gasteiger partial charge in [-0.05, 0) is 24.1 Å². The summed E-state index contributed by atoms with van der Waals surface area (Å²) in [5.41, 5.74) is -0.788. The minimum atomic E-state index is -4.64. The highest BCUT2D eigenvalue weighted by molar-refractivity contribution is 7.88. The Morgan fingerprint density at radius 2 is 2.08 bits per heavy atom. The van der Waals surface area contributed by atoms with Gasteiger partial charge in [-0.25, -0.2) is 30.8 Å². The van der Waals surface area contributed by atoms with Gasteiger partial charge in [0.1, 0.15) is 17.6 Å². The van der Waals surface area contributed by atoms with Gasteiger partial charge in [0, 0.05) is 6.54 Å². The van der Waals surface area contributed by atoms with E-state index in [-0.39, 0.29) is 40.6 Å². The molecule has 1 aromatic carbocycles. The van der Waals surface area contributed by atoms with Gasteiger partial charge in [-0.15, -0.1) is 10.2 Å². The van der Waals surface area contributed by atoms with E-state index >= 15 is 4.39 Å². The molecule has 0 saturated carbocycles. The van der Waals surface area contributed by atoms with Gasteiger partial charge in [0.2, 0.25) is 21.9 Å². The molecule has 1 saturated heterocycles. The zero-order chi connectivity index (χ0) is 30.8. The molecule has 18 heteroatoms. The van der Waals surface area contributed by atoms with Crippen molar-refractivity contribution in [2.75, 3.05) is 31.7 Å². The summed E-state index contributed by atoms with van der Waals surface area (Å²) in [6.07, 6.45) is -3.44. The minimum Gasteiger partial charge on any atom is -0.479 e. The monoisotopic (exact) mass is 581 g/mol. The molecule has 0 spiro atoms. The maximum atomic E-state index is 15.4. The van der Waals surface area contributed by atoms with E-state index in [1.54, 1.807) is 0 Å². The number of methoxy groups -OCH3 is 1. The SMILES string of the molecule is [2H]C([2H])([2H])Oc1nc(N[C@@H]2CCN(S(C)(=O)=O)CC2(F)F)nn2cc(F)c(-c3ccc4nnn(CC(F)(F)F)c4c3)c12. The van der Waals surface area contributed by atoms with Gasteiger partial charge < -0.3 is 10.1 Å². The van der Waals surface area contributed by atoms with Crippen molar-refractivity contribution in [3.63, 3.8) is 0 Å². The third kappa shape index (κ3) is 5.17. The van der Waals surface area contributed by atoms with Crippen LogP contribution in [0, 0.1) is 5.82 Å². The van der Waals surface area contributed by atoms with E-state index in [0.717, 1.165) is 23.0 Å². The van der Waals surface area contributed by atoms with Gasteiger partial charge in [-0.3, -0.25) is 0 Å². The van der Waals surface area contributed by atoms with Gasteiger partial charge >= 0.3 is 6.18 Å². The standard InChI is InChI=1S/C21H20F6N8O3S/c1-38-18-17-16(11-3-4-13-14(7-11)35(32-30-13)10-21(25,26)27)12(22)8-34(17)31-19(29-18)28-15-5-6-33(39(2,36)37)9-20(15,23)24/h3-4,7-8,15H,5-6,9-10H2,1-2H3,(H,28,31)/t15-/m1/s1/i1D3. The Hall–Kier alpha value is -3.67. The zero-order valence-electron chi connectivity index (χ0n) is 22.7. The number of anilines is 1. The Morgan fingerprint density at radius 3 is 2.74 bits per heavy atom. The van der Waals surface area contributed by atoms with E-state index < -0.39 is 65.9 Å². The molecular formula is C21H20F6N8O3S. The van der Waals surface area contributed by atoms with E-state index in [2.05, 4.69) is 25.7 Å². The largest absolute Gasteiger partial charge is 0.479 e. The van der Waals surface area contributed by atoms with Crippen LogP contribution in [0.2, 0.25) is 0 Å². The number of hydrogen-bond donors (Lipinski definition) is 1. The van der Waals surface area contributed by atoms with E-state index in [1.165, 1.54) is 12.1 Å². The Labute approximate surface area is 220 Å². The van der Waals surface area contributed by atoms with E-state index in [4.69, 9.17) is 8.85 Å². The van der Waals surface area contributed by atoms with Gasteiger partial charge in [-0.2, -0.15) is 22.5 Å². The number of benzene rings is 1. The van der Waals surface area contributed by atoms with Crippen molar-refractivity contribution in [3.8, 4) is 17.0 Å². The molecule has 11 nitrogen and oxygen atoms in total. The quantitative estimate of drug-likeness (QED) is 0.346. The molecule has 0 amide bonds. The number of halogens is 6. The predicted molar refractivity (Wildman–Crippen MR) is 125 cm³/mol. The van der Waals surface area contributed by atoms with Crippen LogP contribution in [0.3, 0.4) is 0 Å². The first kappa shape index (κ1) is 23.2. The number of ether oxygens (including phenoxy) is 1. The fourth-order valence-electron chi connectivity index (χ4n) is 4.36. The molecule has 1 aliphatic heterocycles. The highest BCUT2D eigenvalue weighted by Crippen LogP contribution is 2.36. The second kappa shape index (κ2) is 9.22. The number of fused-ring (bicyclic) bond motifs is 2. The zero-order valence-corrected chi connectivity index (χ0v) is 20.6. The number of nitrogens with zero attached hydrogens (tertiary/aromatic N) is 7. The van der Waals surface area contributed by atoms with Crippen molar-refractivity contribution in [2.24, 2.45) is 0 Å². The van der Waals surface area contributed by atoms with Gasteiger partial charge in [0.05, 0.1) is 47.3 Å². The Bertz CT molecular complexity index is 1780. The fourth-order valence-corrected chi connectivity index (χ4v) is 5.20. The van der Waals surface area contributed by atoms with Crippen LogP contribution in [0.1, 0.15) is 10.5 Å². The summed E-state index contributed by atoms with van der Waals surface area (Å²) in [6.45, 7) is -2.86. The number of sulfonamides is 1. The molecular weight excluding hydrogens is 558 g/mol. The van der Waals surface area contributed by atoms with Crippen LogP contribution in [-0.2, 0) is 16.6 Å². The molecule has 4 heterocycles. The molecule has 0 radical (unpaired) electrons. The topological polar surface area (TPSA) is 120 Å². The molecule has 0 unspecified atom stereocenters. The summed E-state index contributed by atoms with van der Waals surface area (Å²) >= 11 is 0. The highest BCUT2D eigenvalue weighted by Gasteiger charge is 2.47. The van der Waals surface area contributed by atoms with Crippen molar-refractivity contribution in [1.82, 2.24) is 33.9 Å². The van der Waals surface area contributed by atoms with Crippen LogP contribution in [0.4, 0.5) is 32.3 Å². The molecule has 3 aromatic heterocycles. The van der Waals surface area contributed by atoms with Gasteiger partial charge in [-0.1, -0.05) is 11.3 Å². The molecule has 1 aliphatic rings. The first-order chi connectivity index (χ1) is 19.3. The highest BCUT2D eigenvalue weighted by atomic mass is 32.2. The molecule has 1 atom stereocenters. The molecule has 0 aliphatic carbocycles. The fraction of sp³-hybridized carbons (Fsp3) is 0.429. The van der Waals surface area contributed by atoms with E-state index in [1.807, 2.05) is 0 Å². The molecule has 39 heavy (non-hydrogen) atoms. The minimum absolute atomic E-state index is 0.0346. The summed E-state index contributed by atoms with van der Waals surface area (Å²) in [5, 5.41) is 13.4. The lowest BCUT2D eigenvalue weighted by atomic mass is 10.0. The molecule has 1 N–H and O–H groups in total. The number of aromatic nitrogens is 6. The molecule has 210 valence electrons. The van der Waals surface area contributed by atoms with Crippen molar-refractivity contribution in [2.45, 2.75) is 31.1 Å². The van der Waals surface area contributed by atoms with Crippen molar-refractivity contribution in [3.05, 3.63) is 30.2 Å². The van der Waals surface area contributed by atoms with E-state index in [0.29, 0.717) is 8.99 Å². The summed E-state index contributed by atoms with van der Waals surface area (Å²) in [6, 6.07) is 2.05. The summed E-state index contributed by atoms with van der Waals surface area (Å²) in [7, 11) is -7.04. The predicted octanol–water partition coefficient (Wildman–Crippen LogP) is 2.93. The third-order valence-corrected chi connectivity index (χ3v) is 7.37. The average molecular weight is 582 g/mol. The lowest BCUT2D eigenvalue weighted by Crippen LogP contribution is -2.55. The van der Waals surface area contributed by atoms with Crippen molar-refractivity contribution < 1.29 is 43.6 Å². The van der Waals surface area contributed by atoms with Crippen molar-refractivity contribution in [1.29, 1.82) is 0 Å². The third-order valence-electron chi connectivity index (χ3n) is 6.12. The van der Waals surface area contributed by atoms with Crippen LogP contribution in [-0.4, -0.2) is 86.8 Å². The smallest absolute Gasteiger partial charge is 0.408 e. The van der Waals surface area contributed by atoms with Crippen LogP contribution < -0.4 is 10.1 Å². The van der Waals surface area contributed by atoms with Crippen LogP contribution >= 0.6 is 0 Å². The summed E-state index contributed by atoms with van der Waals surface area (Å²) < 4.78 is 137. The first-order valence-corrected chi connectivity index (χ1v) is 12.9. The molecule has 4 aromatic rings. The number of alkyl halides is 5. The number of nitrogens with one attached hydrogen (secondary N) is 1. The Balaban J connectivity index is 1.58. The van der Waals surface area contributed by atoms with Crippen LogP contribution in [0.15, 0.2) is 24.4 Å². The lowest BCUT2D eigenvalue weighted by molar-refractivity contribution is -0.142. The summed E-state index contributed by atoms with van der Waals surface area (Å²) in [5.74, 6) is -5.94. The molecule has 5 rings (SSSR count). The maximum Gasteiger partial charge on any atom is 0.408 e.